The number of benzene rings is 2. The van der Waals surface area contributed by atoms with Crippen molar-refractivity contribution in [3.8, 4) is 11.3 Å². The molecule has 0 saturated carbocycles. The number of hydrogen-bond donors (Lipinski definition) is 1. The van der Waals surface area contributed by atoms with Gasteiger partial charge < -0.3 is 5.32 Å². The van der Waals surface area contributed by atoms with Crippen LogP contribution in [-0.4, -0.2) is 25.3 Å². The molecule has 0 spiro atoms. The fourth-order valence-electron chi connectivity index (χ4n) is 4.19. The van der Waals surface area contributed by atoms with E-state index in [1.54, 1.807) is 6.07 Å². The van der Waals surface area contributed by atoms with Crippen molar-refractivity contribution in [3.05, 3.63) is 88.0 Å². The Morgan fingerprint density at radius 1 is 1.16 bits per heavy atom. The number of rotatable bonds is 5. The monoisotopic (exact) mass is 413 g/mol. The highest BCUT2D eigenvalue weighted by molar-refractivity contribution is 5.76. The zero-order valence-corrected chi connectivity index (χ0v) is 17.3. The largest absolute Gasteiger partial charge is 0.348 e. The Balaban J connectivity index is 1.36. The van der Waals surface area contributed by atoms with E-state index in [9.17, 15) is 9.59 Å². The summed E-state index contributed by atoms with van der Waals surface area (Å²) in [6.45, 7) is 1.98. The molecule has 0 fully saturated rings. The molecule has 0 saturated heterocycles. The molecule has 1 amide bonds. The van der Waals surface area contributed by atoms with Crippen LogP contribution >= 0.6 is 0 Å². The van der Waals surface area contributed by atoms with E-state index in [1.807, 2.05) is 30.3 Å². The van der Waals surface area contributed by atoms with Gasteiger partial charge in [0.15, 0.2) is 0 Å². The van der Waals surface area contributed by atoms with Gasteiger partial charge in [-0.25, -0.2) is 9.20 Å². The van der Waals surface area contributed by atoms with Crippen LogP contribution in [0.3, 0.4) is 0 Å². The third kappa shape index (κ3) is 3.63. The Morgan fingerprint density at radius 3 is 2.77 bits per heavy atom. The molecule has 0 bridgehead atoms. The molecule has 1 aliphatic rings. The minimum absolute atomic E-state index is 0.0178. The molecule has 1 N–H and O–H groups in total. The summed E-state index contributed by atoms with van der Waals surface area (Å²) in [6, 6.07) is 18.0. The molecule has 156 valence electrons. The zero-order chi connectivity index (χ0) is 21.4. The Kier molecular flexibility index (Phi) is 4.86. The quantitative estimate of drug-likeness (QED) is 0.545. The van der Waals surface area contributed by atoms with Crippen LogP contribution < -0.4 is 10.9 Å². The molecule has 0 radical (unpaired) electrons. The molecule has 31 heavy (non-hydrogen) atoms. The third-order valence-electron chi connectivity index (χ3n) is 5.91. The number of nitrogens with one attached hydrogen (secondary N) is 1. The van der Waals surface area contributed by atoms with Crippen molar-refractivity contribution in [2.75, 3.05) is 0 Å². The van der Waals surface area contributed by atoms with E-state index in [0.717, 1.165) is 30.4 Å². The summed E-state index contributed by atoms with van der Waals surface area (Å²) in [4.78, 5) is 25.5. The predicted octanol–water partition coefficient (Wildman–Crippen LogP) is 2.92. The SMILES string of the molecule is CCc1ccc(-c2cc3c(=O)n(CC(=O)N[C@H]4CCc5ccccc54)ncn3n2)cc1. The van der Waals surface area contributed by atoms with Crippen LogP contribution in [0.1, 0.15) is 36.1 Å². The van der Waals surface area contributed by atoms with Crippen LogP contribution in [0.15, 0.2) is 65.7 Å². The smallest absolute Gasteiger partial charge is 0.293 e. The summed E-state index contributed by atoms with van der Waals surface area (Å²) in [7, 11) is 0. The van der Waals surface area contributed by atoms with Gasteiger partial charge >= 0.3 is 0 Å². The summed E-state index contributed by atoms with van der Waals surface area (Å²) in [5.74, 6) is -0.226. The Hall–Kier alpha value is -3.74. The molecule has 7 heteroatoms. The van der Waals surface area contributed by atoms with Crippen LogP contribution in [0.2, 0.25) is 0 Å². The van der Waals surface area contributed by atoms with Crippen molar-refractivity contribution in [2.24, 2.45) is 0 Å². The molecule has 0 unspecified atom stereocenters. The predicted molar refractivity (Wildman–Crippen MR) is 118 cm³/mol. The van der Waals surface area contributed by atoms with E-state index in [1.165, 1.54) is 26.7 Å². The first-order valence-electron chi connectivity index (χ1n) is 10.5. The Morgan fingerprint density at radius 2 is 1.97 bits per heavy atom. The fourth-order valence-corrected chi connectivity index (χ4v) is 4.19. The number of fused-ring (bicyclic) bond motifs is 2. The first-order chi connectivity index (χ1) is 15.1. The van der Waals surface area contributed by atoms with E-state index < -0.39 is 0 Å². The number of aryl methyl sites for hydroxylation is 2. The number of carbonyl (C=O) groups is 1. The van der Waals surface area contributed by atoms with Gasteiger partial charge in [-0.3, -0.25) is 9.59 Å². The molecule has 5 rings (SSSR count). The number of hydrogen-bond acceptors (Lipinski definition) is 4. The van der Waals surface area contributed by atoms with E-state index in [2.05, 4.69) is 40.6 Å². The minimum Gasteiger partial charge on any atom is -0.348 e. The van der Waals surface area contributed by atoms with Crippen molar-refractivity contribution in [1.29, 1.82) is 0 Å². The molecule has 1 atom stereocenters. The Bertz CT molecular complexity index is 1320. The van der Waals surface area contributed by atoms with Crippen LogP contribution in [0.5, 0.6) is 0 Å². The molecular formula is C24H23N5O2. The second kappa shape index (κ2) is 7.83. The van der Waals surface area contributed by atoms with Gasteiger partial charge in [-0.15, -0.1) is 0 Å². The standard InChI is InChI=1S/C24H23N5O2/c1-2-16-7-9-18(10-8-16)21-13-22-24(31)28(25-15-29(22)27-21)14-23(30)26-20-12-11-17-5-3-4-6-19(17)20/h3-10,13,15,20H,2,11-12,14H2,1H3,(H,26,30)/t20-/m0/s1. The van der Waals surface area contributed by atoms with Gasteiger partial charge in [0.25, 0.3) is 5.56 Å². The van der Waals surface area contributed by atoms with Crippen molar-refractivity contribution in [3.63, 3.8) is 0 Å². The first kappa shape index (κ1) is 19.2. The van der Waals surface area contributed by atoms with E-state index in [-0.39, 0.29) is 24.1 Å². The third-order valence-corrected chi connectivity index (χ3v) is 5.91. The molecule has 2 aromatic carbocycles. The average molecular weight is 413 g/mol. The molecule has 4 aromatic rings. The highest BCUT2D eigenvalue weighted by Gasteiger charge is 2.23. The normalized spacial score (nSPS) is 15.2. The van der Waals surface area contributed by atoms with Gasteiger partial charge in [-0.05, 0) is 42.0 Å². The molecule has 7 nitrogen and oxygen atoms in total. The van der Waals surface area contributed by atoms with Crippen molar-refractivity contribution in [1.82, 2.24) is 24.7 Å². The fraction of sp³-hybridized carbons (Fsp3) is 0.250. The van der Waals surface area contributed by atoms with Gasteiger partial charge in [0.1, 0.15) is 18.4 Å². The molecular weight excluding hydrogens is 390 g/mol. The second-order valence-electron chi connectivity index (χ2n) is 7.86. The molecule has 0 aliphatic heterocycles. The lowest BCUT2D eigenvalue weighted by molar-refractivity contribution is -0.122. The maximum absolute atomic E-state index is 12.9. The highest BCUT2D eigenvalue weighted by atomic mass is 16.2. The van der Waals surface area contributed by atoms with Crippen molar-refractivity contribution >= 4 is 11.4 Å². The van der Waals surface area contributed by atoms with Gasteiger partial charge in [-0.2, -0.15) is 10.2 Å². The van der Waals surface area contributed by atoms with Gasteiger partial charge in [0, 0.05) is 5.56 Å². The summed E-state index contributed by atoms with van der Waals surface area (Å²) in [5.41, 5.74) is 5.35. The second-order valence-corrected chi connectivity index (χ2v) is 7.86. The van der Waals surface area contributed by atoms with E-state index >= 15 is 0 Å². The minimum atomic E-state index is -0.339. The lowest BCUT2D eigenvalue weighted by atomic mass is 10.1. The maximum atomic E-state index is 12.9. The van der Waals surface area contributed by atoms with Gasteiger partial charge in [0.05, 0.1) is 11.7 Å². The maximum Gasteiger partial charge on any atom is 0.293 e. The average Bonchev–Trinajstić information content (AvgIpc) is 3.41. The summed E-state index contributed by atoms with van der Waals surface area (Å²) in [6.07, 6.45) is 4.26. The zero-order valence-electron chi connectivity index (χ0n) is 17.3. The van der Waals surface area contributed by atoms with Crippen molar-refractivity contribution < 1.29 is 4.79 Å². The molecule has 1 aliphatic carbocycles. The molecule has 2 heterocycles. The highest BCUT2D eigenvalue weighted by Crippen LogP contribution is 2.30. The van der Waals surface area contributed by atoms with Gasteiger partial charge in [-0.1, -0.05) is 55.5 Å². The number of aromatic nitrogens is 4. The lowest BCUT2D eigenvalue weighted by Gasteiger charge is -2.14. The Labute approximate surface area is 179 Å². The van der Waals surface area contributed by atoms with E-state index in [0.29, 0.717) is 11.2 Å². The molecule has 2 aromatic heterocycles. The number of nitrogens with zero attached hydrogens (tertiary/aromatic N) is 4. The van der Waals surface area contributed by atoms with Crippen LogP contribution in [0, 0.1) is 0 Å². The summed E-state index contributed by atoms with van der Waals surface area (Å²) < 4.78 is 2.66. The number of amides is 1. The van der Waals surface area contributed by atoms with Crippen molar-refractivity contribution in [2.45, 2.75) is 38.8 Å². The summed E-state index contributed by atoms with van der Waals surface area (Å²) >= 11 is 0. The first-order valence-corrected chi connectivity index (χ1v) is 10.5. The number of carbonyl (C=O) groups excluding carboxylic acids is 1. The summed E-state index contributed by atoms with van der Waals surface area (Å²) in [5, 5.41) is 11.7. The lowest BCUT2D eigenvalue weighted by Crippen LogP contribution is -2.35. The van der Waals surface area contributed by atoms with E-state index in [4.69, 9.17) is 0 Å². The van der Waals surface area contributed by atoms with Crippen LogP contribution in [0.25, 0.3) is 16.8 Å². The topological polar surface area (TPSA) is 81.3 Å². The van der Waals surface area contributed by atoms with Crippen LogP contribution in [-0.2, 0) is 24.2 Å². The van der Waals surface area contributed by atoms with Crippen LogP contribution in [0.4, 0.5) is 0 Å². The van der Waals surface area contributed by atoms with Gasteiger partial charge in [0.2, 0.25) is 5.91 Å².